The van der Waals surface area contributed by atoms with Crippen LogP contribution in [0.25, 0.3) is 0 Å². The minimum atomic E-state index is 0.114. The normalized spacial score (nSPS) is 14.8. The van der Waals surface area contributed by atoms with Gasteiger partial charge in [0.05, 0.1) is 0 Å². The van der Waals surface area contributed by atoms with Crippen LogP contribution >= 0.6 is 0 Å². The van der Waals surface area contributed by atoms with Gasteiger partial charge in [0.25, 0.3) is 0 Å². The highest BCUT2D eigenvalue weighted by molar-refractivity contribution is 5.94. The average molecular weight is 261 g/mol. The summed E-state index contributed by atoms with van der Waals surface area (Å²) in [7, 11) is 0. The number of anilines is 2. The van der Waals surface area contributed by atoms with Crippen LogP contribution in [0.2, 0.25) is 0 Å². The van der Waals surface area contributed by atoms with E-state index >= 15 is 0 Å². The molecule has 4 heteroatoms. The molecule has 2 rings (SSSR count). The molecule has 1 aromatic carbocycles. The number of amides is 1. The van der Waals surface area contributed by atoms with E-state index in [0.717, 1.165) is 30.9 Å². The number of benzene rings is 1. The lowest BCUT2D eigenvalue weighted by atomic mass is 10.0. The van der Waals surface area contributed by atoms with E-state index < -0.39 is 0 Å². The Morgan fingerprint density at radius 3 is 2.74 bits per heavy atom. The average Bonchev–Trinajstić information content (AvgIpc) is 2.33. The first-order valence-corrected chi connectivity index (χ1v) is 6.86. The van der Waals surface area contributed by atoms with Gasteiger partial charge in [0.2, 0.25) is 5.91 Å². The highest BCUT2D eigenvalue weighted by Crippen LogP contribution is 2.25. The second-order valence-electron chi connectivity index (χ2n) is 6.02. The molecule has 104 valence electrons. The third-order valence-electron chi connectivity index (χ3n) is 3.11. The van der Waals surface area contributed by atoms with E-state index in [1.54, 1.807) is 0 Å². The molecule has 1 aliphatic rings. The summed E-state index contributed by atoms with van der Waals surface area (Å²) in [5.74, 6) is 0.114. The number of fused-ring (bicyclic) bond motifs is 1. The standard InChI is InChI=1S/C15H23N3O/c1-15(2,3)17-9-8-16-12-5-6-13-11(10-12)4-7-14(19)18-13/h5-6,10,16-17H,4,7-9H2,1-3H3,(H,18,19). The van der Waals surface area contributed by atoms with Gasteiger partial charge < -0.3 is 16.0 Å². The lowest BCUT2D eigenvalue weighted by molar-refractivity contribution is -0.116. The van der Waals surface area contributed by atoms with E-state index in [-0.39, 0.29) is 11.4 Å². The molecule has 0 saturated heterocycles. The van der Waals surface area contributed by atoms with Crippen molar-refractivity contribution < 1.29 is 4.79 Å². The smallest absolute Gasteiger partial charge is 0.224 e. The Balaban J connectivity index is 1.87. The van der Waals surface area contributed by atoms with Crippen molar-refractivity contribution in [2.24, 2.45) is 0 Å². The fourth-order valence-corrected chi connectivity index (χ4v) is 2.14. The van der Waals surface area contributed by atoms with Gasteiger partial charge in [-0.2, -0.15) is 0 Å². The first-order chi connectivity index (χ1) is 8.94. The molecule has 0 fully saturated rings. The molecule has 1 aromatic rings. The van der Waals surface area contributed by atoms with Gasteiger partial charge in [-0.3, -0.25) is 4.79 Å². The Labute approximate surface area is 115 Å². The lowest BCUT2D eigenvalue weighted by Gasteiger charge is -2.21. The summed E-state index contributed by atoms with van der Waals surface area (Å²) in [4.78, 5) is 11.3. The molecule has 0 bridgehead atoms. The summed E-state index contributed by atoms with van der Waals surface area (Å²) in [6.45, 7) is 8.30. The maximum atomic E-state index is 11.3. The summed E-state index contributed by atoms with van der Waals surface area (Å²) >= 11 is 0. The molecule has 1 aliphatic heterocycles. The molecule has 1 amide bonds. The van der Waals surface area contributed by atoms with Crippen molar-refractivity contribution in [1.82, 2.24) is 5.32 Å². The number of rotatable bonds is 4. The molecular formula is C15H23N3O. The zero-order valence-electron chi connectivity index (χ0n) is 12.0. The zero-order valence-corrected chi connectivity index (χ0v) is 12.0. The van der Waals surface area contributed by atoms with Crippen molar-refractivity contribution in [3.05, 3.63) is 23.8 Å². The van der Waals surface area contributed by atoms with E-state index in [1.165, 1.54) is 5.56 Å². The van der Waals surface area contributed by atoms with Crippen molar-refractivity contribution >= 4 is 17.3 Å². The summed E-state index contributed by atoms with van der Waals surface area (Å²) in [6.07, 6.45) is 1.42. The van der Waals surface area contributed by atoms with Gasteiger partial charge in [0.1, 0.15) is 0 Å². The largest absolute Gasteiger partial charge is 0.384 e. The Kier molecular flexibility index (Phi) is 4.10. The van der Waals surface area contributed by atoms with E-state index in [1.807, 2.05) is 12.1 Å². The van der Waals surface area contributed by atoms with Gasteiger partial charge in [-0.05, 0) is 51.0 Å². The molecule has 19 heavy (non-hydrogen) atoms. The minimum absolute atomic E-state index is 0.114. The van der Waals surface area contributed by atoms with Crippen LogP contribution in [-0.4, -0.2) is 24.5 Å². The fourth-order valence-electron chi connectivity index (χ4n) is 2.14. The van der Waals surface area contributed by atoms with Crippen LogP contribution in [-0.2, 0) is 11.2 Å². The van der Waals surface area contributed by atoms with E-state index in [4.69, 9.17) is 0 Å². The number of hydrogen-bond acceptors (Lipinski definition) is 3. The first-order valence-electron chi connectivity index (χ1n) is 6.86. The first kappa shape index (κ1) is 13.9. The number of hydrogen-bond donors (Lipinski definition) is 3. The van der Waals surface area contributed by atoms with Crippen LogP contribution in [0.15, 0.2) is 18.2 Å². The molecule has 1 heterocycles. The summed E-state index contributed by atoms with van der Waals surface area (Å²) in [5, 5.41) is 9.74. The molecule has 0 spiro atoms. The van der Waals surface area contributed by atoms with Crippen LogP contribution in [0.5, 0.6) is 0 Å². The lowest BCUT2D eigenvalue weighted by Crippen LogP contribution is -2.38. The minimum Gasteiger partial charge on any atom is -0.384 e. The summed E-state index contributed by atoms with van der Waals surface area (Å²) in [6, 6.07) is 6.12. The predicted octanol–water partition coefficient (Wildman–Crippen LogP) is 2.37. The van der Waals surface area contributed by atoms with Gasteiger partial charge in [0, 0.05) is 36.4 Å². The van der Waals surface area contributed by atoms with Crippen molar-refractivity contribution in [3.63, 3.8) is 0 Å². The summed E-state index contributed by atoms with van der Waals surface area (Å²) < 4.78 is 0. The van der Waals surface area contributed by atoms with E-state index in [2.05, 4.69) is 42.8 Å². The molecular weight excluding hydrogens is 238 g/mol. The Morgan fingerprint density at radius 1 is 1.21 bits per heavy atom. The van der Waals surface area contributed by atoms with Crippen LogP contribution in [0.1, 0.15) is 32.8 Å². The number of carbonyl (C=O) groups is 1. The van der Waals surface area contributed by atoms with Gasteiger partial charge in [0.15, 0.2) is 0 Å². The molecule has 4 nitrogen and oxygen atoms in total. The fraction of sp³-hybridized carbons (Fsp3) is 0.533. The topological polar surface area (TPSA) is 53.2 Å². The molecule has 0 aromatic heterocycles. The quantitative estimate of drug-likeness (QED) is 0.729. The number of aryl methyl sites for hydroxylation is 1. The monoisotopic (exact) mass is 261 g/mol. The molecule has 0 atom stereocenters. The second kappa shape index (κ2) is 5.61. The maximum Gasteiger partial charge on any atom is 0.224 e. The molecule has 0 unspecified atom stereocenters. The van der Waals surface area contributed by atoms with Crippen LogP contribution in [0, 0.1) is 0 Å². The van der Waals surface area contributed by atoms with Crippen molar-refractivity contribution in [3.8, 4) is 0 Å². The van der Waals surface area contributed by atoms with Crippen molar-refractivity contribution in [2.75, 3.05) is 23.7 Å². The maximum absolute atomic E-state index is 11.3. The van der Waals surface area contributed by atoms with Crippen LogP contribution in [0.4, 0.5) is 11.4 Å². The van der Waals surface area contributed by atoms with Gasteiger partial charge >= 0.3 is 0 Å². The van der Waals surface area contributed by atoms with Crippen molar-refractivity contribution in [1.29, 1.82) is 0 Å². The van der Waals surface area contributed by atoms with Gasteiger partial charge in [-0.15, -0.1) is 0 Å². The third kappa shape index (κ3) is 4.24. The SMILES string of the molecule is CC(C)(C)NCCNc1ccc2c(c1)CCC(=O)N2. The Hall–Kier alpha value is -1.55. The molecule has 0 radical (unpaired) electrons. The van der Waals surface area contributed by atoms with Crippen molar-refractivity contribution in [2.45, 2.75) is 39.2 Å². The second-order valence-corrected chi connectivity index (χ2v) is 6.02. The number of nitrogens with one attached hydrogen (secondary N) is 3. The summed E-state index contributed by atoms with van der Waals surface area (Å²) in [5.41, 5.74) is 3.44. The molecule has 0 saturated carbocycles. The molecule has 3 N–H and O–H groups in total. The van der Waals surface area contributed by atoms with E-state index in [0.29, 0.717) is 6.42 Å². The highest BCUT2D eigenvalue weighted by Gasteiger charge is 2.14. The van der Waals surface area contributed by atoms with E-state index in [9.17, 15) is 4.79 Å². The number of carbonyl (C=O) groups excluding carboxylic acids is 1. The van der Waals surface area contributed by atoms with Gasteiger partial charge in [-0.25, -0.2) is 0 Å². The highest BCUT2D eigenvalue weighted by atomic mass is 16.1. The van der Waals surface area contributed by atoms with Gasteiger partial charge in [-0.1, -0.05) is 0 Å². The molecule has 0 aliphatic carbocycles. The predicted molar refractivity (Wildman–Crippen MR) is 79.6 cm³/mol. The Bertz CT molecular complexity index is 463. The Morgan fingerprint density at radius 2 is 2.00 bits per heavy atom. The zero-order chi connectivity index (χ0) is 13.9. The third-order valence-corrected chi connectivity index (χ3v) is 3.11. The van der Waals surface area contributed by atoms with Crippen LogP contribution < -0.4 is 16.0 Å². The van der Waals surface area contributed by atoms with Crippen LogP contribution in [0.3, 0.4) is 0 Å².